The van der Waals surface area contributed by atoms with E-state index < -0.39 is 12.1 Å². The van der Waals surface area contributed by atoms with Gasteiger partial charge in [0, 0.05) is 25.6 Å². The van der Waals surface area contributed by atoms with Gasteiger partial charge < -0.3 is 19.5 Å². The van der Waals surface area contributed by atoms with Gasteiger partial charge in [0.2, 0.25) is 0 Å². The van der Waals surface area contributed by atoms with Crippen molar-refractivity contribution in [3.8, 4) is 22.6 Å². The maximum Gasteiger partial charge on any atom is 0.345 e. The van der Waals surface area contributed by atoms with Crippen molar-refractivity contribution in [2.45, 2.75) is 38.8 Å². The van der Waals surface area contributed by atoms with Gasteiger partial charge in [0.15, 0.2) is 6.10 Å². The van der Waals surface area contributed by atoms with E-state index >= 15 is 0 Å². The normalized spacial score (nSPS) is 11.4. The molecular weight excluding hydrogens is 502 g/mol. The number of hydrogen-bond acceptors (Lipinski definition) is 4. The Morgan fingerprint density at radius 3 is 2.20 bits per heavy atom. The highest BCUT2D eigenvalue weighted by molar-refractivity contribution is 5.94. The van der Waals surface area contributed by atoms with Gasteiger partial charge >= 0.3 is 5.97 Å². The van der Waals surface area contributed by atoms with Crippen molar-refractivity contribution in [2.75, 3.05) is 13.7 Å². The van der Waals surface area contributed by atoms with Crippen LogP contribution < -0.4 is 9.47 Å². The number of carbonyl (C=O) groups excluding carboxylic acids is 1. The fraction of sp³-hybridized carbons (Fsp3) is 0.235. The van der Waals surface area contributed by atoms with E-state index in [1.54, 1.807) is 36.2 Å². The van der Waals surface area contributed by atoms with E-state index in [2.05, 4.69) is 13.0 Å². The molecule has 206 valence electrons. The fourth-order valence-corrected chi connectivity index (χ4v) is 4.33. The molecule has 0 fully saturated rings. The molecule has 6 heteroatoms. The molecule has 40 heavy (non-hydrogen) atoms. The molecule has 1 N–H and O–H groups in total. The summed E-state index contributed by atoms with van der Waals surface area (Å²) in [4.78, 5) is 26.5. The first-order valence-electron chi connectivity index (χ1n) is 13.5. The first-order valence-corrected chi connectivity index (χ1v) is 13.5. The van der Waals surface area contributed by atoms with Crippen molar-refractivity contribution < 1.29 is 24.2 Å². The standard InChI is InChI=1S/C34H35NO5/c1-3-4-21-39-30-19-17-28(18-20-30)33(36)35(2)24-26-9-8-10-29(22-26)27-15-13-25(14-16-27)23-32(34(37)38)40-31-11-6-5-7-12-31/h5-20,22,32H,3-4,21,23-24H2,1-2H3,(H,37,38)/t32-/m0/s1. The molecule has 0 spiro atoms. The number of benzene rings is 4. The first kappa shape index (κ1) is 28.4. The second-order valence-corrected chi connectivity index (χ2v) is 9.75. The van der Waals surface area contributed by atoms with Crippen molar-refractivity contribution in [3.63, 3.8) is 0 Å². The smallest absolute Gasteiger partial charge is 0.345 e. The van der Waals surface area contributed by atoms with Crippen LogP contribution in [-0.2, 0) is 17.8 Å². The lowest BCUT2D eigenvalue weighted by molar-refractivity contribution is -0.145. The lowest BCUT2D eigenvalue weighted by Crippen LogP contribution is -2.29. The number of nitrogens with zero attached hydrogens (tertiary/aromatic N) is 1. The van der Waals surface area contributed by atoms with Gasteiger partial charge in [-0.25, -0.2) is 4.79 Å². The predicted octanol–water partition coefficient (Wildman–Crippen LogP) is 6.88. The number of para-hydroxylation sites is 1. The minimum absolute atomic E-state index is 0.0550. The molecule has 0 saturated heterocycles. The molecule has 0 unspecified atom stereocenters. The lowest BCUT2D eigenvalue weighted by atomic mass is 9.99. The Kier molecular flexibility index (Phi) is 9.94. The van der Waals surface area contributed by atoms with E-state index in [4.69, 9.17) is 9.47 Å². The summed E-state index contributed by atoms with van der Waals surface area (Å²) < 4.78 is 11.4. The summed E-state index contributed by atoms with van der Waals surface area (Å²) in [6.07, 6.45) is 1.35. The summed E-state index contributed by atoms with van der Waals surface area (Å²) in [5.41, 5.74) is 4.53. The van der Waals surface area contributed by atoms with Gasteiger partial charge in [-0.3, -0.25) is 4.79 Å². The molecule has 4 rings (SSSR count). The molecule has 0 aliphatic carbocycles. The predicted molar refractivity (Wildman–Crippen MR) is 157 cm³/mol. The molecular formula is C34H35NO5. The zero-order valence-corrected chi connectivity index (χ0v) is 23.0. The van der Waals surface area contributed by atoms with Gasteiger partial charge in [-0.05, 0) is 71.1 Å². The van der Waals surface area contributed by atoms with E-state index in [-0.39, 0.29) is 12.3 Å². The third-order valence-corrected chi connectivity index (χ3v) is 6.57. The first-order chi connectivity index (χ1) is 19.4. The van der Waals surface area contributed by atoms with Crippen LogP contribution in [0, 0.1) is 0 Å². The average Bonchev–Trinajstić information content (AvgIpc) is 2.98. The summed E-state index contributed by atoms with van der Waals surface area (Å²) in [6, 6.07) is 32.2. The van der Waals surface area contributed by atoms with Gasteiger partial charge in [-0.15, -0.1) is 0 Å². The number of hydrogen-bond donors (Lipinski definition) is 1. The third-order valence-electron chi connectivity index (χ3n) is 6.57. The number of aliphatic carboxylic acids is 1. The molecule has 0 aromatic heterocycles. The van der Waals surface area contributed by atoms with Crippen molar-refractivity contribution in [2.24, 2.45) is 0 Å². The number of carbonyl (C=O) groups is 2. The van der Waals surface area contributed by atoms with Gasteiger partial charge in [0.25, 0.3) is 5.91 Å². The van der Waals surface area contributed by atoms with Crippen molar-refractivity contribution >= 4 is 11.9 Å². The minimum atomic E-state index is -1.00. The zero-order valence-electron chi connectivity index (χ0n) is 23.0. The molecule has 1 atom stereocenters. The third kappa shape index (κ3) is 7.96. The maximum atomic E-state index is 13.0. The Morgan fingerprint density at radius 1 is 0.800 bits per heavy atom. The molecule has 0 radical (unpaired) electrons. The van der Waals surface area contributed by atoms with Crippen LogP contribution in [0.5, 0.6) is 11.5 Å². The van der Waals surface area contributed by atoms with Crippen LogP contribution in [-0.4, -0.2) is 41.6 Å². The highest BCUT2D eigenvalue weighted by Gasteiger charge is 2.20. The minimum Gasteiger partial charge on any atom is -0.494 e. The average molecular weight is 538 g/mol. The van der Waals surface area contributed by atoms with Crippen LogP contribution in [0.3, 0.4) is 0 Å². The van der Waals surface area contributed by atoms with E-state index in [9.17, 15) is 14.7 Å². The van der Waals surface area contributed by atoms with Crippen LogP contribution in [0.2, 0.25) is 0 Å². The molecule has 0 heterocycles. The largest absolute Gasteiger partial charge is 0.494 e. The highest BCUT2D eigenvalue weighted by atomic mass is 16.5. The number of amides is 1. The number of unbranched alkanes of at least 4 members (excludes halogenated alkanes) is 1. The number of rotatable bonds is 13. The summed E-state index contributed by atoms with van der Waals surface area (Å²) in [6.45, 7) is 3.26. The van der Waals surface area contributed by atoms with Gasteiger partial charge in [-0.2, -0.15) is 0 Å². The topological polar surface area (TPSA) is 76.1 Å². The Hall–Kier alpha value is -4.58. The molecule has 0 aliphatic rings. The van der Waals surface area contributed by atoms with Gasteiger partial charge in [0.1, 0.15) is 11.5 Å². The number of carboxylic acids is 1. The highest BCUT2D eigenvalue weighted by Crippen LogP contribution is 2.23. The molecule has 4 aromatic carbocycles. The number of ether oxygens (including phenoxy) is 2. The zero-order chi connectivity index (χ0) is 28.3. The molecule has 0 saturated carbocycles. The van der Waals surface area contributed by atoms with Crippen LogP contribution in [0.4, 0.5) is 0 Å². The Morgan fingerprint density at radius 2 is 1.52 bits per heavy atom. The molecule has 0 aliphatic heterocycles. The van der Waals surface area contributed by atoms with Crippen molar-refractivity contribution in [1.29, 1.82) is 0 Å². The second-order valence-electron chi connectivity index (χ2n) is 9.75. The Labute approximate surface area is 235 Å². The summed E-state index contributed by atoms with van der Waals surface area (Å²) in [5, 5.41) is 9.64. The van der Waals surface area contributed by atoms with E-state index in [0.717, 1.165) is 40.8 Å². The van der Waals surface area contributed by atoms with Crippen LogP contribution in [0.25, 0.3) is 11.1 Å². The summed E-state index contributed by atoms with van der Waals surface area (Å²) in [7, 11) is 1.80. The Balaban J connectivity index is 1.37. The van der Waals surface area contributed by atoms with Crippen LogP contribution in [0.15, 0.2) is 103 Å². The molecule has 6 nitrogen and oxygen atoms in total. The van der Waals surface area contributed by atoms with E-state index in [1.807, 2.05) is 72.8 Å². The quantitative estimate of drug-likeness (QED) is 0.188. The van der Waals surface area contributed by atoms with E-state index in [1.165, 1.54) is 0 Å². The maximum absolute atomic E-state index is 13.0. The molecule has 0 bridgehead atoms. The van der Waals surface area contributed by atoms with Crippen molar-refractivity contribution in [1.82, 2.24) is 4.90 Å². The lowest BCUT2D eigenvalue weighted by Gasteiger charge is -2.18. The number of carboxylic acid groups (broad SMARTS) is 1. The molecule has 1 amide bonds. The van der Waals surface area contributed by atoms with Crippen molar-refractivity contribution in [3.05, 3.63) is 120 Å². The second kappa shape index (κ2) is 14.0. The summed E-state index contributed by atoms with van der Waals surface area (Å²) >= 11 is 0. The Bertz CT molecular complexity index is 1380. The van der Waals surface area contributed by atoms with Gasteiger partial charge in [-0.1, -0.05) is 74.0 Å². The fourth-order valence-electron chi connectivity index (χ4n) is 4.33. The van der Waals surface area contributed by atoms with Gasteiger partial charge in [0.05, 0.1) is 6.61 Å². The van der Waals surface area contributed by atoms with E-state index in [0.29, 0.717) is 24.5 Å². The monoisotopic (exact) mass is 537 g/mol. The van der Waals surface area contributed by atoms with Crippen LogP contribution in [0.1, 0.15) is 41.3 Å². The SMILES string of the molecule is CCCCOc1ccc(C(=O)N(C)Cc2cccc(-c3ccc(C[C@H](Oc4ccccc4)C(=O)O)cc3)c2)cc1. The summed E-state index contributed by atoms with van der Waals surface area (Å²) in [5.74, 6) is 0.241. The molecule has 4 aromatic rings. The van der Waals surface area contributed by atoms with Crippen LogP contribution >= 0.6 is 0 Å².